The fraction of sp³-hybridized carbons (Fsp3) is 0.812. The molecule has 3 rings (SSSR count). The third-order valence-electron chi connectivity index (χ3n) is 9.37. The lowest BCUT2D eigenvalue weighted by Crippen LogP contribution is -2.65. The Balaban J connectivity index is 1.58. The highest BCUT2D eigenvalue weighted by atomic mass is 16.7. The number of hydrazine groups is 2. The molecule has 0 aromatic carbocycles. The molecule has 31 nitrogen and oxygen atoms in total. The zero-order chi connectivity index (χ0) is 47.1. The van der Waals surface area contributed by atoms with Crippen molar-refractivity contribution in [3.05, 3.63) is 0 Å². The SMILES string of the molecule is NC(=O)CN(CC(N)=O)CC(=O)NNC(=O)CN(CC(N)=O)CC(=O)NNCCO[C@H]1O[C@H](CO[C@H]2O[C@H](CO)[C@@H](O)[C@H](O)[C@@H]2O)[C@@H](O)[C@H](O[C@H]2O[C@H](CO)[C@@H](O)[C@H](O)[C@@H]2O)[C@@H]1O. The summed E-state index contributed by atoms with van der Waals surface area (Å²) < 4.78 is 33.0. The minimum atomic E-state index is -1.97. The molecule has 0 aliphatic carbocycles. The molecule has 3 aliphatic rings. The lowest BCUT2D eigenvalue weighted by Gasteiger charge is -2.46. The lowest BCUT2D eigenvalue weighted by atomic mass is 9.96. The molecule has 3 fully saturated rings. The van der Waals surface area contributed by atoms with Gasteiger partial charge in [-0.05, 0) is 0 Å². The zero-order valence-corrected chi connectivity index (χ0v) is 33.4. The number of hydrogen-bond acceptors (Lipinski definition) is 25. The van der Waals surface area contributed by atoms with Crippen molar-refractivity contribution < 1.29 is 108 Å². The van der Waals surface area contributed by atoms with E-state index >= 15 is 0 Å². The number of carbonyl (C=O) groups is 6. The van der Waals surface area contributed by atoms with Gasteiger partial charge in [-0.15, -0.1) is 0 Å². The van der Waals surface area contributed by atoms with Crippen LogP contribution in [-0.2, 0) is 57.2 Å². The average Bonchev–Trinajstić information content (AvgIpc) is 3.20. The number of ether oxygens (including phenoxy) is 6. The van der Waals surface area contributed by atoms with E-state index in [-0.39, 0.29) is 6.54 Å². The number of amides is 6. The maximum atomic E-state index is 12.7. The van der Waals surface area contributed by atoms with Gasteiger partial charge in [-0.1, -0.05) is 0 Å². The molecule has 0 bridgehead atoms. The first kappa shape index (κ1) is 53.4. The van der Waals surface area contributed by atoms with E-state index in [0.29, 0.717) is 0 Å². The Labute approximate surface area is 356 Å². The van der Waals surface area contributed by atoms with Crippen LogP contribution in [0.5, 0.6) is 0 Å². The number of nitrogens with two attached hydrogens (primary N) is 3. The maximum absolute atomic E-state index is 12.7. The molecule has 0 aromatic heterocycles. The summed E-state index contributed by atoms with van der Waals surface area (Å²) in [6, 6.07) is 0. The number of primary amides is 3. The van der Waals surface area contributed by atoms with E-state index in [1.165, 1.54) is 0 Å². The molecule has 6 amide bonds. The van der Waals surface area contributed by atoms with Crippen molar-refractivity contribution in [1.82, 2.24) is 31.5 Å². The van der Waals surface area contributed by atoms with Gasteiger partial charge in [0.25, 0.3) is 11.8 Å². The van der Waals surface area contributed by atoms with E-state index in [1.807, 2.05) is 10.9 Å². The Morgan fingerprint density at radius 2 is 0.905 bits per heavy atom. The predicted molar refractivity (Wildman–Crippen MR) is 198 cm³/mol. The number of carbonyl (C=O) groups excluding carboxylic acids is 6. The second-order valence-corrected chi connectivity index (χ2v) is 14.5. The Hall–Kier alpha value is -3.94. The van der Waals surface area contributed by atoms with Gasteiger partial charge in [0.15, 0.2) is 18.9 Å². The minimum absolute atomic E-state index is 0.240. The van der Waals surface area contributed by atoms with Gasteiger partial charge in [-0.2, -0.15) is 0 Å². The Morgan fingerprint density at radius 1 is 0.492 bits per heavy atom. The monoisotopic (exact) mass is 919 g/mol. The molecule has 31 heteroatoms. The first-order valence-corrected chi connectivity index (χ1v) is 19.1. The first-order chi connectivity index (χ1) is 29.7. The van der Waals surface area contributed by atoms with E-state index in [2.05, 4.69) is 10.9 Å². The highest BCUT2D eigenvalue weighted by Crippen LogP contribution is 2.31. The molecule has 0 unspecified atom stereocenters. The fourth-order valence-corrected chi connectivity index (χ4v) is 6.32. The van der Waals surface area contributed by atoms with E-state index in [4.69, 9.17) is 45.6 Å². The summed E-state index contributed by atoms with van der Waals surface area (Å²) >= 11 is 0. The molecule has 0 saturated carbocycles. The molecule has 3 aliphatic heterocycles. The van der Waals surface area contributed by atoms with E-state index < -0.39 is 193 Å². The molecule has 0 spiro atoms. The summed E-state index contributed by atoms with van der Waals surface area (Å²) in [6.45, 7) is -6.39. The van der Waals surface area contributed by atoms with Crippen molar-refractivity contribution in [3.63, 3.8) is 0 Å². The number of hydrogen-bond donors (Lipinski definition) is 17. The van der Waals surface area contributed by atoms with Crippen LogP contribution in [0.1, 0.15) is 0 Å². The molecule has 63 heavy (non-hydrogen) atoms. The highest BCUT2D eigenvalue weighted by molar-refractivity contribution is 5.86. The Morgan fingerprint density at radius 3 is 1.38 bits per heavy atom. The molecular weight excluding hydrogens is 862 g/mol. The normalized spacial score (nSPS) is 33.4. The fourth-order valence-electron chi connectivity index (χ4n) is 6.32. The van der Waals surface area contributed by atoms with Gasteiger partial charge < -0.3 is 96.7 Å². The number of aliphatic hydroxyl groups is 10. The van der Waals surface area contributed by atoms with Crippen LogP contribution in [0.3, 0.4) is 0 Å². The second kappa shape index (κ2) is 25.5. The zero-order valence-electron chi connectivity index (χ0n) is 33.4. The summed E-state index contributed by atoms with van der Waals surface area (Å²) in [5.41, 5.74) is 24.2. The van der Waals surface area contributed by atoms with Crippen LogP contribution in [0.4, 0.5) is 0 Å². The van der Waals surface area contributed by atoms with E-state index in [0.717, 1.165) is 9.80 Å². The third kappa shape index (κ3) is 16.2. The average molecular weight is 920 g/mol. The summed E-state index contributed by atoms with van der Waals surface area (Å²) in [6.07, 6.45) is -26.3. The Kier molecular flexibility index (Phi) is 21.6. The molecule has 0 aromatic rings. The Bertz CT molecular complexity index is 1500. The molecule has 20 N–H and O–H groups in total. The van der Waals surface area contributed by atoms with Crippen molar-refractivity contribution in [2.45, 2.75) is 92.1 Å². The van der Waals surface area contributed by atoms with Crippen molar-refractivity contribution >= 4 is 35.4 Å². The smallest absolute Gasteiger partial charge is 0.252 e. The van der Waals surface area contributed by atoms with Crippen LogP contribution in [-0.4, -0.2) is 261 Å². The minimum Gasteiger partial charge on any atom is -0.394 e. The quantitative estimate of drug-likeness (QED) is 0.0316. The highest BCUT2D eigenvalue weighted by Gasteiger charge is 2.52. The van der Waals surface area contributed by atoms with Gasteiger partial charge in [0.05, 0.1) is 65.7 Å². The van der Waals surface area contributed by atoms with Crippen LogP contribution in [0, 0.1) is 0 Å². The summed E-state index contributed by atoms with van der Waals surface area (Å²) in [4.78, 5) is 73.3. The van der Waals surface area contributed by atoms with E-state index in [1.54, 1.807) is 0 Å². The van der Waals surface area contributed by atoms with Crippen molar-refractivity contribution in [2.75, 3.05) is 72.2 Å². The van der Waals surface area contributed by atoms with Crippen LogP contribution in [0.2, 0.25) is 0 Å². The van der Waals surface area contributed by atoms with Gasteiger partial charge in [-0.3, -0.25) is 54.8 Å². The molecular formula is C32H57N9O22. The maximum Gasteiger partial charge on any atom is 0.252 e. The summed E-state index contributed by atoms with van der Waals surface area (Å²) in [7, 11) is 0. The van der Waals surface area contributed by atoms with E-state index in [9.17, 15) is 79.8 Å². The standard InChI is InChI=1S/C32H57N9O22/c33-15(44)3-40(4-16(34)45)7-19(48)38-39-20(49)8-41(5-17(35)46)6-18(47)37-36-1-2-58-31-28(57)29(63-32-27(56)25(54)22(51)13(10-43)61-32)23(52)14(62-31)11-59-30-26(55)24(53)21(50)12(9-42)60-30/h12-14,21-32,36,42-43,50-57H,1-11H2,(H2,33,44)(H2,34,45)(H2,35,46)(H,37,47)(H,38,48)(H,39,49)/t12-,13-,14-,21-,22-,23-,24+,25+,26+,27+,28+,29+,30+,31+,32-/m1/s1. The van der Waals surface area contributed by atoms with Crippen LogP contribution in [0.15, 0.2) is 0 Å². The number of aliphatic hydroxyl groups excluding tert-OH is 10. The van der Waals surface area contributed by atoms with Gasteiger partial charge in [-0.25, -0.2) is 5.43 Å². The molecule has 15 atom stereocenters. The topological polar surface area (TPSA) is 493 Å². The van der Waals surface area contributed by atoms with Crippen LogP contribution < -0.4 is 38.9 Å². The number of nitrogens with one attached hydrogen (secondary N) is 4. The second-order valence-electron chi connectivity index (χ2n) is 14.5. The van der Waals surface area contributed by atoms with Gasteiger partial charge in [0.2, 0.25) is 23.6 Å². The van der Waals surface area contributed by atoms with Gasteiger partial charge in [0, 0.05) is 6.54 Å². The largest absolute Gasteiger partial charge is 0.394 e. The summed E-state index contributed by atoms with van der Waals surface area (Å²) in [5.74, 6) is -5.28. The van der Waals surface area contributed by atoms with Crippen molar-refractivity contribution in [3.8, 4) is 0 Å². The lowest BCUT2D eigenvalue weighted by molar-refractivity contribution is -0.366. The van der Waals surface area contributed by atoms with Crippen molar-refractivity contribution in [2.24, 2.45) is 17.2 Å². The number of rotatable bonds is 24. The van der Waals surface area contributed by atoms with Crippen LogP contribution in [0.25, 0.3) is 0 Å². The van der Waals surface area contributed by atoms with Crippen LogP contribution >= 0.6 is 0 Å². The summed E-state index contributed by atoms with van der Waals surface area (Å²) in [5, 5.41) is 103. The number of nitrogens with zero attached hydrogens (tertiary/aromatic N) is 2. The van der Waals surface area contributed by atoms with Crippen molar-refractivity contribution in [1.29, 1.82) is 0 Å². The third-order valence-corrected chi connectivity index (χ3v) is 9.37. The van der Waals surface area contributed by atoms with Gasteiger partial charge >= 0.3 is 0 Å². The molecule has 3 saturated heterocycles. The molecule has 362 valence electrons. The molecule has 0 radical (unpaired) electrons. The predicted octanol–water partition coefficient (Wildman–Crippen LogP) is -13.7. The van der Waals surface area contributed by atoms with Gasteiger partial charge in [0.1, 0.15) is 73.2 Å². The molecule has 3 heterocycles. The first-order valence-electron chi connectivity index (χ1n) is 19.1.